The molecule has 2 N–H and O–H groups in total. The van der Waals surface area contributed by atoms with Gasteiger partial charge in [0.2, 0.25) is 12.7 Å². The summed E-state index contributed by atoms with van der Waals surface area (Å²) in [5, 5.41) is 5.53. The van der Waals surface area contributed by atoms with Crippen LogP contribution < -0.4 is 25.0 Å². The van der Waals surface area contributed by atoms with Crippen molar-refractivity contribution in [1.29, 1.82) is 0 Å². The van der Waals surface area contributed by atoms with Crippen LogP contribution in [0.5, 0.6) is 11.5 Å². The van der Waals surface area contributed by atoms with E-state index in [4.69, 9.17) is 9.47 Å². The van der Waals surface area contributed by atoms with Gasteiger partial charge in [0.1, 0.15) is 0 Å². The minimum atomic E-state index is -0.337. The van der Waals surface area contributed by atoms with E-state index in [2.05, 4.69) is 15.5 Å². The number of carbonyl (C=O) groups is 2. The summed E-state index contributed by atoms with van der Waals surface area (Å²) in [6.07, 6.45) is 2.32. The zero-order chi connectivity index (χ0) is 18.6. The van der Waals surface area contributed by atoms with Crippen molar-refractivity contribution in [3.8, 4) is 11.5 Å². The molecule has 2 aromatic carbocycles. The van der Waals surface area contributed by atoms with Crippen molar-refractivity contribution in [1.82, 2.24) is 5.32 Å². The Bertz CT molecular complexity index is 862. The fourth-order valence-corrected chi connectivity index (χ4v) is 3.31. The van der Waals surface area contributed by atoms with Crippen LogP contribution in [0.2, 0.25) is 0 Å². The number of benzene rings is 2. The maximum Gasteiger partial charge on any atom is 0.251 e. The molecule has 0 saturated carbocycles. The number of nitrogens with zero attached hydrogens (tertiary/aromatic N) is 1. The molecule has 0 radical (unpaired) electrons. The lowest BCUT2D eigenvalue weighted by molar-refractivity contribution is -0.115. The minimum Gasteiger partial charge on any atom is -0.454 e. The molecule has 2 aromatic rings. The van der Waals surface area contributed by atoms with E-state index in [1.165, 1.54) is 0 Å². The Morgan fingerprint density at radius 1 is 1.00 bits per heavy atom. The number of hydrogen-bond acceptors (Lipinski definition) is 5. The number of ether oxygens (including phenoxy) is 2. The summed E-state index contributed by atoms with van der Waals surface area (Å²) in [5.74, 6) is 0.543. The lowest BCUT2D eigenvalue weighted by Gasteiger charge is -2.21. The van der Waals surface area contributed by atoms with Gasteiger partial charge in [0, 0.05) is 18.7 Å². The van der Waals surface area contributed by atoms with Crippen molar-refractivity contribution < 1.29 is 19.1 Å². The minimum absolute atomic E-state index is 0.110. The number of carbonyl (C=O) groups excluding carboxylic acids is 2. The summed E-state index contributed by atoms with van der Waals surface area (Å²) < 4.78 is 10.5. The van der Waals surface area contributed by atoms with Gasteiger partial charge in [-0.2, -0.15) is 0 Å². The molecule has 2 amide bonds. The van der Waals surface area contributed by atoms with E-state index in [9.17, 15) is 9.59 Å². The van der Waals surface area contributed by atoms with Gasteiger partial charge in [-0.25, -0.2) is 0 Å². The number of fused-ring (bicyclic) bond motifs is 1. The molecule has 27 heavy (non-hydrogen) atoms. The molecular formula is C20H21N3O4. The lowest BCUT2D eigenvalue weighted by atomic mass is 10.2. The first-order valence-electron chi connectivity index (χ1n) is 9.02. The Hall–Kier alpha value is -3.22. The molecule has 0 unspecified atom stereocenters. The van der Waals surface area contributed by atoms with Crippen LogP contribution in [0, 0.1) is 0 Å². The highest BCUT2D eigenvalue weighted by atomic mass is 16.7. The second-order valence-corrected chi connectivity index (χ2v) is 6.51. The van der Waals surface area contributed by atoms with Gasteiger partial charge in [-0.05, 0) is 43.2 Å². The molecule has 0 aliphatic carbocycles. The van der Waals surface area contributed by atoms with Gasteiger partial charge in [-0.3, -0.25) is 9.59 Å². The normalized spacial score (nSPS) is 14.9. The van der Waals surface area contributed by atoms with Crippen molar-refractivity contribution in [3.05, 3.63) is 48.0 Å². The highest BCUT2D eigenvalue weighted by molar-refractivity contribution is 6.00. The highest BCUT2D eigenvalue weighted by Gasteiger charge is 2.18. The van der Waals surface area contributed by atoms with E-state index >= 15 is 0 Å². The third kappa shape index (κ3) is 3.81. The van der Waals surface area contributed by atoms with Crippen LogP contribution >= 0.6 is 0 Å². The summed E-state index contributed by atoms with van der Waals surface area (Å²) in [5.41, 5.74) is 2.21. The average Bonchev–Trinajstić information content (AvgIpc) is 3.37. The van der Waals surface area contributed by atoms with Crippen LogP contribution in [0.15, 0.2) is 42.5 Å². The topological polar surface area (TPSA) is 79.9 Å². The summed E-state index contributed by atoms with van der Waals surface area (Å²) in [6.45, 7) is 2.03. The molecule has 2 aliphatic heterocycles. The molecule has 0 aromatic heterocycles. The molecule has 2 aliphatic rings. The fraction of sp³-hybridized carbons (Fsp3) is 0.300. The van der Waals surface area contributed by atoms with Gasteiger partial charge in [-0.1, -0.05) is 12.1 Å². The second kappa shape index (κ2) is 7.57. The summed E-state index contributed by atoms with van der Waals surface area (Å²) in [4.78, 5) is 26.9. The van der Waals surface area contributed by atoms with E-state index in [1.54, 1.807) is 18.2 Å². The second-order valence-electron chi connectivity index (χ2n) is 6.51. The van der Waals surface area contributed by atoms with Gasteiger partial charge < -0.3 is 25.0 Å². The summed E-state index contributed by atoms with van der Waals surface area (Å²) in [7, 11) is 0. The highest BCUT2D eigenvalue weighted by Crippen LogP contribution is 2.32. The van der Waals surface area contributed by atoms with Crippen molar-refractivity contribution in [2.45, 2.75) is 12.8 Å². The third-order valence-electron chi connectivity index (χ3n) is 4.67. The van der Waals surface area contributed by atoms with Crippen molar-refractivity contribution in [3.63, 3.8) is 0 Å². The van der Waals surface area contributed by atoms with Gasteiger partial charge >= 0.3 is 0 Å². The number of anilines is 2. The molecule has 0 bridgehead atoms. The third-order valence-corrected chi connectivity index (χ3v) is 4.67. The Kier molecular flexibility index (Phi) is 4.82. The monoisotopic (exact) mass is 367 g/mol. The predicted molar refractivity (Wildman–Crippen MR) is 101 cm³/mol. The number of rotatable bonds is 5. The maximum atomic E-state index is 12.3. The van der Waals surface area contributed by atoms with Crippen molar-refractivity contribution >= 4 is 23.2 Å². The molecular weight excluding hydrogens is 346 g/mol. The first kappa shape index (κ1) is 17.2. The smallest absolute Gasteiger partial charge is 0.251 e. The molecule has 1 saturated heterocycles. The number of hydrogen-bond donors (Lipinski definition) is 2. The number of amides is 2. The van der Waals surface area contributed by atoms with Gasteiger partial charge in [0.15, 0.2) is 11.5 Å². The largest absolute Gasteiger partial charge is 0.454 e. The summed E-state index contributed by atoms with van der Waals surface area (Å²) in [6, 6.07) is 12.7. The molecule has 2 heterocycles. The molecule has 1 fully saturated rings. The Morgan fingerprint density at radius 3 is 2.63 bits per heavy atom. The van der Waals surface area contributed by atoms with Crippen molar-refractivity contribution in [2.75, 3.05) is 36.6 Å². The molecule has 0 spiro atoms. The van der Waals surface area contributed by atoms with Crippen LogP contribution in [0.1, 0.15) is 23.2 Å². The van der Waals surface area contributed by atoms with Crippen LogP contribution in [0.4, 0.5) is 11.4 Å². The first-order chi connectivity index (χ1) is 13.2. The number of para-hydroxylation sites is 2. The van der Waals surface area contributed by atoms with Gasteiger partial charge in [-0.15, -0.1) is 0 Å². The predicted octanol–water partition coefficient (Wildman–Crippen LogP) is 2.38. The van der Waals surface area contributed by atoms with E-state index in [0.717, 1.165) is 37.3 Å². The van der Waals surface area contributed by atoms with Crippen LogP contribution in [-0.2, 0) is 4.79 Å². The zero-order valence-electron chi connectivity index (χ0n) is 14.9. The van der Waals surface area contributed by atoms with Crippen LogP contribution in [0.3, 0.4) is 0 Å². The van der Waals surface area contributed by atoms with E-state index in [-0.39, 0.29) is 25.2 Å². The lowest BCUT2D eigenvalue weighted by Crippen LogP contribution is -2.33. The van der Waals surface area contributed by atoms with E-state index in [0.29, 0.717) is 17.1 Å². The molecule has 4 rings (SSSR count). The van der Waals surface area contributed by atoms with Crippen LogP contribution in [0.25, 0.3) is 0 Å². The zero-order valence-corrected chi connectivity index (χ0v) is 14.9. The Morgan fingerprint density at radius 2 is 1.78 bits per heavy atom. The van der Waals surface area contributed by atoms with Crippen LogP contribution in [-0.4, -0.2) is 38.2 Å². The Balaban J connectivity index is 1.35. The molecule has 7 nitrogen and oxygen atoms in total. The van der Waals surface area contributed by atoms with E-state index < -0.39 is 0 Å². The van der Waals surface area contributed by atoms with Gasteiger partial charge in [0.25, 0.3) is 5.91 Å². The van der Waals surface area contributed by atoms with Gasteiger partial charge in [0.05, 0.1) is 17.9 Å². The van der Waals surface area contributed by atoms with E-state index in [1.807, 2.05) is 24.3 Å². The molecule has 0 atom stereocenters. The number of nitrogens with one attached hydrogen (secondary N) is 2. The van der Waals surface area contributed by atoms with Crippen molar-refractivity contribution in [2.24, 2.45) is 0 Å². The quantitative estimate of drug-likeness (QED) is 0.848. The fourth-order valence-electron chi connectivity index (χ4n) is 3.31. The average molecular weight is 367 g/mol. The Labute approximate surface area is 157 Å². The molecule has 7 heteroatoms. The summed E-state index contributed by atoms with van der Waals surface area (Å²) >= 11 is 0. The SMILES string of the molecule is O=C(CNC(=O)c1ccc2c(c1)OCO2)Nc1ccccc1N1CCCC1. The molecule has 140 valence electrons. The first-order valence-corrected chi connectivity index (χ1v) is 9.02. The maximum absolute atomic E-state index is 12.3. The standard InChI is InChI=1S/C20H21N3O4/c24-19(22-15-5-1-2-6-16(15)23-9-3-4-10-23)12-21-20(25)14-7-8-17-18(11-14)27-13-26-17/h1-2,5-8,11H,3-4,9-10,12-13H2,(H,21,25)(H,22,24).